The molecule has 2 heterocycles. The molecule has 1 aliphatic heterocycles. The van der Waals surface area contributed by atoms with E-state index < -0.39 is 0 Å². The van der Waals surface area contributed by atoms with Crippen LogP contribution >= 0.6 is 0 Å². The fourth-order valence-corrected chi connectivity index (χ4v) is 3.12. The molecule has 0 fully saturated rings. The standard InChI is InChI=1S/C22H19N3O4/c1-28-19-7-3-2-5-16(19)21(27)25-17-6-4-12-23-22(17)29-15-10-8-14-9-11-20(26)24-18(14)13-15/h2-8,10,12-13H,9,11H2,1H3,(H,24,26)(H,25,27). The van der Waals surface area contributed by atoms with E-state index in [1.165, 1.54) is 7.11 Å². The van der Waals surface area contributed by atoms with Gasteiger partial charge in [0.05, 0.1) is 12.7 Å². The summed E-state index contributed by atoms with van der Waals surface area (Å²) >= 11 is 0. The van der Waals surface area contributed by atoms with E-state index in [1.54, 1.807) is 48.7 Å². The highest BCUT2D eigenvalue weighted by atomic mass is 16.5. The highest BCUT2D eigenvalue weighted by molar-refractivity contribution is 6.06. The number of ether oxygens (including phenoxy) is 2. The van der Waals surface area contributed by atoms with Gasteiger partial charge in [-0.15, -0.1) is 0 Å². The number of rotatable bonds is 5. The first-order valence-electron chi connectivity index (χ1n) is 9.14. The Labute approximate surface area is 167 Å². The van der Waals surface area contributed by atoms with Gasteiger partial charge in [-0.3, -0.25) is 9.59 Å². The fraction of sp³-hybridized carbons (Fsp3) is 0.136. The highest BCUT2D eigenvalue weighted by Crippen LogP contribution is 2.32. The lowest BCUT2D eigenvalue weighted by Crippen LogP contribution is -2.18. The minimum absolute atomic E-state index is 0.0164. The first kappa shape index (κ1) is 18.5. The van der Waals surface area contributed by atoms with Gasteiger partial charge < -0.3 is 20.1 Å². The van der Waals surface area contributed by atoms with Crippen molar-refractivity contribution in [2.75, 3.05) is 17.7 Å². The van der Waals surface area contributed by atoms with Crippen LogP contribution < -0.4 is 20.1 Å². The van der Waals surface area contributed by atoms with Crippen molar-refractivity contribution in [3.63, 3.8) is 0 Å². The summed E-state index contributed by atoms with van der Waals surface area (Å²) in [5.74, 6) is 0.882. The molecule has 7 heteroatoms. The van der Waals surface area contributed by atoms with Gasteiger partial charge in [0.1, 0.15) is 17.2 Å². The van der Waals surface area contributed by atoms with Gasteiger partial charge in [-0.1, -0.05) is 18.2 Å². The van der Waals surface area contributed by atoms with Crippen LogP contribution in [-0.4, -0.2) is 23.9 Å². The number of hydrogen-bond acceptors (Lipinski definition) is 5. The van der Waals surface area contributed by atoms with Gasteiger partial charge in [0.15, 0.2) is 0 Å². The molecule has 0 atom stereocenters. The van der Waals surface area contributed by atoms with Crippen molar-refractivity contribution in [2.45, 2.75) is 12.8 Å². The van der Waals surface area contributed by atoms with E-state index in [4.69, 9.17) is 9.47 Å². The smallest absolute Gasteiger partial charge is 0.259 e. The number of aryl methyl sites for hydroxylation is 1. The van der Waals surface area contributed by atoms with Crippen LogP contribution in [0.25, 0.3) is 0 Å². The maximum atomic E-state index is 12.7. The van der Waals surface area contributed by atoms with Crippen molar-refractivity contribution in [1.29, 1.82) is 0 Å². The lowest BCUT2D eigenvalue weighted by atomic mass is 10.0. The number of carbonyl (C=O) groups is 2. The van der Waals surface area contributed by atoms with Gasteiger partial charge in [-0.25, -0.2) is 4.98 Å². The summed E-state index contributed by atoms with van der Waals surface area (Å²) in [6.45, 7) is 0. The number of para-hydroxylation sites is 1. The Kier molecular flexibility index (Phi) is 5.11. The summed E-state index contributed by atoms with van der Waals surface area (Å²) in [6.07, 6.45) is 2.76. The molecule has 0 saturated heterocycles. The molecular formula is C22H19N3O4. The van der Waals surface area contributed by atoms with Crippen LogP contribution in [0, 0.1) is 0 Å². The van der Waals surface area contributed by atoms with Crippen molar-refractivity contribution in [1.82, 2.24) is 4.98 Å². The number of carbonyl (C=O) groups excluding carboxylic acids is 2. The largest absolute Gasteiger partial charge is 0.496 e. The first-order chi connectivity index (χ1) is 14.1. The normalized spacial score (nSPS) is 12.5. The number of hydrogen-bond donors (Lipinski definition) is 2. The van der Waals surface area contributed by atoms with Crippen LogP contribution in [0.3, 0.4) is 0 Å². The van der Waals surface area contributed by atoms with Crippen molar-refractivity contribution >= 4 is 23.2 Å². The maximum absolute atomic E-state index is 12.7. The lowest BCUT2D eigenvalue weighted by molar-refractivity contribution is -0.116. The van der Waals surface area contributed by atoms with E-state index in [9.17, 15) is 9.59 Å². The zero-order valence-electron chi connectivity index (χ0n) is 15.8. The van der Waals surface area contributed by atoms with Crippen LogP contribution in [0.2, 0.25) is 0 Å². The number of anilines is 2. The van der Waals surface area contributed by atoms with Gasteiger partial charge in [-0.05, 0) is 42.3 Å². The summed E-state index contributed by atoms with van der Waals surface area (Å²) in [5, 5.41) is 5.66. The summed E-state index contributed by atoms with van der Waals surface area (Å²) in [4.78, 5) is 28.6. The monoisotopic (exact) mass is 389 g/mol. The number of amides is 2. The van der Waals surface area contributed by atoms with E-state index in [1.807, 2.05) is 12.1 Å². The Hall–Kier alpha value is -3.87. The zero-order valence-corrected chi connectivity index (χ0v) is 15.8. The summed E-state index contributed by atoms with van der Waals surface area (Å²) in [5.41, 5.74) is 2.61. The minimum atomic E-state index is -0.335. The molecule has 4 rings (SSSR count). The molecule has 0 spiro atoms. The van der Waals surface area contributed by atoms with E-state index in [0.717, 1.165) is 11.3 Å². The minimum Gasteiger partial charge on any atom is -0.496 e. The van der Waals surface area contributed by atoms with E-state index in [0.29, 0.717) is 35.6 Å². The second kappa shape index (κ2) is 8.02. The number of methoxy groups -OCH3 is 1. The Balaban J connectivity index is 1.57. The van der Waals surface area contributed by atoms with Crippen LogP contribution in [0.5, 0.6) is 17.4 Å². The number of nitrogens with one attached hydrogen (secondary N) is 2. The van der Waals surface area contributed by atoms with Crippen LogP contribution in [0.4, 0.5) is 11.4 Å². The van der Waals surface area contributed by atoms with Crippen LogP contribution in [0.1, 0.15) is 22.3 Å². The first-order valence-corrected chi connectivity index (χ1v) is 9.14. The van der Waals surface area contributed by atoms with Crippen molar-refractivity contribution in [2.24, 2.45) is 0 Å². The van der Waals surface area contributed by atoms with Gasteiger partial charge in [-0.2, -0.15) is 0 Å². The van der Waals surface area contributed by atoms with E-state index in [2.05, 4.69) is 15.6 Å². The van der Waals surface area contributed by atoms with Crippen LogP contribution in [-0.2, 0) is 11.2 Å². The summed E-state index contributed by atoms with van der Waals surface area (Å²) < 4.78 is 11.1. The molecule has 2 N–H and O–H groups in total. The molecule has 146 valence electrons. The molecule has 2 aromatic carbocycles. The third-order valence-electron chi connectivity index (χ3n) is 4.56. The number of benzene rings is 2. The Morgan fingerprint density at radius 3 is 2.83 bits per heavy atom. The van der Waals surface area contributed by atoms with E-state index >= 15 is 0 Å². The summed E-state index contributed by atoms with van der Waals surface area (Å²) in [7, 11) is 1.51. The average molecular weight is 389 g/mol. The molecule has 3 aromatic rings. The number of nitrogens with zero attached hydrogens (tertiary/aromatic N) is 1. The lowest BCUT2D eigenvalue weighted by Gasteiger charge is -2.18. The topological polar surface area (TPSA) is 89.6 Å². The van der Waals surface area contributed by atoms with Gasteiger partial charge in [0, 0.05) is 24.4 Å². The van der Waals surface area contributed by atoms with Crippen LogP contribution in [0.15, 0.2) is 60.8 Å². The number of aromatic nitrogens is 1. The predicted molar refractivity (Wildman–Crippen MR) is 109 cm³/mol. The molecule has 0 aliphatic carbocycles. The molecule has 29 heavy (non-hydrogen) atoms. The van der Waals surface area contributed by atoms with Gasteiger partial charge in [0.25, 0.3) is 5.91 Å². The zero-order chi connectivity index (χ0) is 20.2. The molecule has 1 aromatic heterocycles. The SMILES string of the molecule is COc1ccccc1C(=O)Nc1cccnc1Oc1ccc2c(c1)NC(=O)CC2. The van der Waals surface area contributed by atoms with E-state index in [-0.39, 0.29) is 17.7 Å². The van der Waals surface area contributed by atoms with Crippen molar-refractivity contribution in [3.05, 3.63) is 71.9 Å². The Bertz CT molecular complexity index is 1080. The molecule has 1 aliphatic rings. The number of fused-ring (bicyclic) bond motifs is 1. The second-order valence-corrected chi connectivity index (χ2v) is 6.48. The van der Waals surface area contributed by atoms with Crippen molar-refractivity contribution < 1.29 is 19.1 Å². The third-order valence-corrected chi connectivity index (χ3v) is 4.56. The number of pyridine rings is 1. The molecule has 7 nitrogen and oxygen atoms in total. The Morgan fingerprint density at radius 1 is 1.10 bits per heavy atom. The van der Waals surface area contributed by atoms with Gasteiger partial charge >= 0.3 is 0 Å². The molecular weight excluding hydrogens is 370 g/mol. The quantitative estimate of drug-likeness (QED) is 0.688. The predicted octanol–water partition coefficient (Wildman–Crippen LogP) is 4.02. The third kappa shape index (κ3) is 4.03. The molecule has 0 unspecified atom stereocenters. The Morgan fingerprint density at radius 2 is 1.97 bits per heavy atom. The molecule has 0 radical (unpaired) electrons. The molecule has 0 saturated carbocycles. The molecule has 2 amide bonds. The maximum Gasteiger partial charge on any atom is 0.259 e. The second-order valence-electron chi connectivity index (χ2n) is 6.48. The highest BCUT2D eigenvalue weighted by Gasteiger charge is 2.17. The molecule has 0 bridgehead atoms. The van der Waals surface area contributed by atoms with Crippen molar-refractivity contribution in [3.8, 4) is 17.4 Å². The van der Waals surface area contributed by atoms with Gasteiger partial charge in [0.2, 0.25) is 11.8 Å². The average Bonchev–Trinajstić information content (AvgIpc) is 2.74. The fourth-order valence-electron chi connectivity index (χ4n) is 3.12. The summed E-state index contributed by atoms with van der Waals surface area (Å²) in [6, 6.07) is 15.9.